The number of hydrogen-bond acceptors (Lipinski definition) is 2. The van der Waals surface area contributed by atoms with E-state index in [1.54, 1.807) is 0 Å². The van der Waals surface area contributed by atoms with Crippen LogP contribution in [0, 0.1) is 5.92 Å². The van der Waals surface area contributed by atoms with Gasteiger partial charge in [-0.05, 0) is 33.1 Å². The van der Waals surface area contributed by atoms with E-state index in [4.69, 9.17) is 0 Å². The van der Waals surface area contributed by atoms with E-state index < -0.39 is 0 Å². The number of rotatable bonds is 7. The van der Waals surface area contributed by atoms with Gasteiger partial charge in [0.15, 0.2) is 0 Å². The molecule has 0 aromatic heterocycles. The molecule has 0 saturated heterocycles. The largest absolute Gasteiger partial charge is 0.352 e. The van der Waals surface area contributed by atoms with Crippen molar-refractivity contribution in [3.63, 3.8) is 0 Å². The van der Waals surface area contributed by atoms with Gasteiger partial charge in [0.25, 0.3) is 0 Å². The number of amides is 1. The molecule has 0 rings (SSSR count). The van der Waals surface area contributed by atoms with Crippen LogP contribution in [-0.4, -0.2) is 24.0 Å². The van der Waals surface area contributed by atoms with Crippen molar-refractivity contribution >= 4 is 5.91 Å². The van der Waals surface area contributed by atoms with E-state index in [1.165, 1.54) is 0 Å². The van der Waals surface area contributed by atoms with Gasteiger partial charge in [-0.3, -0.25) is 4.79 Å². The van der Waals surface area contributed by atoms with E-state index in [2.05, 4.69) is 38.3 Å². The summed E-state index contributed by atoms with van der Waals surface area (Å²) in [6.07, 6.45) is 2.10. The quantitative estimate of drug-likeness (QED) is 0.702. The van der Waals surface area contributed by atoms with Crippen molar-refractivity contribution in [2.75, 3.05) is 0 Å². The first-order valence-electron chi connectivity index (χ1n) is 6.48. The number of carbonyl (C=O) groups excluding carboxylic acids is 1. The first kappa shape index (κ1) is 15.4. The van der Waals surface area contributed by atoms with Gasteiger partial charge in [-0.1, -0.05) is 27.2 Å². The highest BCUT2D eigenvalue weighted by atomic mass is 16.2. The molecule has 0 aromatic carbocycles. The molecule has 0 fully saturated rings. The Bertz CT molecular complexity index is 206. The first-order valence-corrected chi connectivity index (χ1v) is 6.48. The van der Waals surface area contributed by atoms with Crippen LogP contribution in [0.4, 0.5) is 0 Å². The summed E-state index contributed by atoms with van der Waals surface area (Å²) in [7, 11) is 0. The zero-order valence-electron chi connectivity index (χ0n) is 11.6. The van der Waals surface area contributed by atoms with Gasteiger partial charge < -0.3 is 10.6 Å². The van der Waals surface area contributed by atoms with Gasteiger partial charge in [0.1, 0.15) is 0 Å². The summed E-state index contributed by atoms with van der Waals surface area (Å²) >= 11 is 0. The van der Waals surface area contributed by atoms with Crippen molar-refractivity contribution in [2.24, 2.45) is 5.92 Å². The zero-order chi connectivity index (χ0) is 12.7. The molecule has 0 heterocycles. The predicted octanol–water partition coefficient (Wildman–Crippen LogP) is 2.31. The van der Waals surface area contributed by atoms with Crippen LogP contribution in [0.3, 0.4) is 0 Å². The molecule has 0 aromatic rings. The van der Waals surface area contributed by atoms with Crippen molar-refractivity contribution in [1.82, 2.24) is 10.6 Å². The highest BCUT2D eigenvalue weighted by Gasteiger charge is 2.18. The highest BCUT2D eigenvalue weighted by Crippen LogP contribution is 2.07. The molecule has 0 aliphatic rings. The monoisotopic (exact) mass is 228 g/mol. The van der Waals surface area contributed by atoms with E-state index >= 15 is 0 Å². The van der Waals surface area contributed by atoms with E-state index in [9.17, 15) is 4.79 Å². The molecule has 0 bridgehead atoms. The van der Waals surface area contributed by atoms with E-state index in [-0.39, 0.29) is 18.0 Å². The minimum absolute atomic E-state index is 0.101. The fourth-order valence-corrected chi connectivity index (χ4v) is 1.46. The predicted molar refractivity (Wildman–Crippen MR) is 69.4 cm³/mol. The third-order valence-corrected chi connectivity index (χ3v) is 3.40. The second-order valence-electron chi connectivity index (χ2n) is 4.88. The molecular formula is C13H28N2O. The normalized spacial score (nSPS) is 18.6. The molecule has 0 aliphatic carbocycles. The van der Waals surface area contributed by atoms with Crippen LogP contribution >= 0.6 is 0 Å². The number of carbonyl (C=O) groups is 1. The first-order chi connectivity index (χ1) is 7.42. The van der Waals surface area contributed by atoms with Crippen LogP contribution < -0.4 is 10.6 Å². The lowest BCUT2D eigenvalue weighted by Crippen LogP contribution is -2.49. The number of hydrogen-bond donors (Lipinski definition) is 2. The maximum absolute atomic E-state index is 11.8. The van der Waals surface area contributed by atoms with Crippen LogP contribution in [0.5, 0.6) is 0 Å². The molecule has 4 unspecified atom stereocenters. The average molecular weight is 228 g/mol. The SMILES string of the molecule is CCC(C)NC(=O)C(C)NC(C)C(C)CC. The minimum Gasteiger partial charge on any atom is -0.352 e. The standard InChI is InChI=1S/C13H28N2O/c1-7-9(3)11(5)15-12(6)13(16)14-10(4)8-2/h9-12,15H,7-8H2,1-6H3,(H,14,16). The fraction of sp³-hybridized carbons (Fsp3) is 0.923. The van der Waals surface area contributed by atoms with E-state index in [0.717, 1.165) is 12.8 Å². The van der Waals surface area contributed by atoms with Gasteiger partial charge >= 0.3 is 0 Å². The second kappa shape index (κ2) is 7.66. The maximum atomic E-state index is 11.8. The Hall–Kier alpha value is -0.570. The van der Waals surface area contributed by atoms with Gasteiger partial charge in [-0.25, -0.2) is 0 Å². The third kappa shape index (κ3) is 5.50. The smallest absolute Gasteiger partial charge is 0.237 e. The third-order valence-electron chi connectivity index (χ3n) is 3.40. The Labute approximate surface area is 100 Å². The minimum atomic E-state index is -0.113. The lowest BCUT2D eigenvalue weighted by atomic mass is 10.00. The molecule has 96 valence electrons. The lowest BCUT2D eigenvalue weighted by molar-refractivity contribution is -0.123. The van der Waals surface area contributed by atoms with E-state index in [1.807, 2.05) is 13.8 Å². The topological polar surface area (TPSA) is 41.1 Å². The van der Waals surface area contributed by atoms with Crippen LogP contribution in [0.2, 0.25) is 0 Å². The molecule has 0 saturated carbocycles. The van der Waals surface area contributed by atoms with Gasteiger partial charge in [0.2, 0.25) is 5.91 Å². The Morgan fingerprint density at radius 2 is 1.62 bits per heavy atom. The van der Waals surface area contributed by atoms with Crippen molar-refractivity contribution in [1.29, 1.82) is 0 Å². The summed E-state index contributed by atoms with van der Waals surface area (Å²) in [5.41, 5.74) is 0. The number of nitrogens with one attached hydrogen (secondary N) is 2. The molecule has 0 spiro atoms. The van der Waals surface area contributed by atoms with Crippen LogP contribution in [-0.2, 0) is 4.79 Å². The fourth-order valence-electron chi connectivity index (χ4n) is 1.46. The molecular weight excluding hydrogens is 200 g/mol. The maximum Gasteiger partial charge on any atom is 0.237 e. The Kier molecular flexibility index (Phi) is 7.39. The summed E-state index contributed by atoms with van der Waals surface area (Å²) in [6, 6.07) is 0.524. The van der Waals surface area contributed by atoms with Crippen molar-refractivity contribution in [3.05, 3.63) is 0 Å². The molecule has 4 atom stereocenters. The van der Waals surface area contributed by atoms with Gasteiger partial charge in [0.05, 0.1) is 6.04 Å². The summed E-state index contributed by atoms with van der Waals surface area (Å²) in [5.74, 6) is 0.698. The van der Waals surface area contributed by atoms with Crippen LogP contribution in [0.15, 0.2) is 0 Å². The Morgan fingerprint density at radius 3 is 2.06 bits per heavy atom. The molecule has 2 N–H and O–H groups in total. The van der Waals surface area contributed by atoms with Crippen LogP contribution in [0.1, 0.15) is 54.4 Å². The van der Waals surface area contributed by atoms with Crippen molar-refractivity contribution < 1.29 is 4.79 Å². The molecule has 1 amide bonds. The average Bonchev–Trinajstić information content (AvgIpc) is 2.27. The summed E-state index contributed by atoms with van der Waals surface area (Å²) in [4.78, 5) is 11.8. The second-order valence-corrected chi connectivity index (χ2v) is 4.88. The summed E-state index contributed by atoms with van der Waals surface area (Å²) < 4.78 is 0. The highest BCUT2D eigenvalue weighted by molar-refractivity contribution is 5.81. The van der Waals surface area contributed by atoms with Crippen molar-refractivity contribution in [2.45, 2.75) is 72.5 Å². The molecule has 3 nitrogen and oxygen atoms in total. The Morgan fingerprint density at radius 1 is 1.06 bits per heavy atom. The van der Waals surface area contributed by atoms with Gasteiger partial charge in [0, 0.05) is 12.1 Å². The lowest BCUT2D eigenvalue weighted by Gasteiger charge is -2.25. The Balaban J connectivity index is 4.04. The van der Waals surface area contributed by atoms with E-state index in [0.29, 0.717) is 12.0 Å². The van der Waals surface area contributed by atoms with Crippen molar-refractivity contribution in [3.8, 4) is 0 Å². The zero-order valence-corrected chi connectivity index (χ0v) is 11.6. The van der Waals surface area contributed by atoms with Gasteiger partial charge in [-0.15, -0.1) is 0 Å². The molecule has 16 heavy (non-hydrogen) atoms. The van der Waals surface area contributed by atoms with Crippen LogP contribution in [0.25, 0.3) is 0 Å². The summed E-state index contributed by atoms with van der Waals surface area (Å²) in [6.45, 7) is 12.6. The summed E-state index contributed by atoms with van der Waals surface area (Å²) in [5, 5.41) is 6.34. The molecule has 3 heteroatoms. The molecule has 0 aliphatic heterocycles. The van der Waals surface area contributed by atoms with Gasteiger partial charge in [-0.2, -0.15) is 0 Å². The molecule has 0 radical (unpaired) electrons.